The van der Waals surface area contributed by atoms with Crippen LogP contribution < -0.4 is 18.9 Å². The van der Waals surface area contributed by atoms with Crippen molar-refractivity contribution in [3.05, 3.63) is 48.0 Å². The number of carbonyl (C=O) groups excluding carboxylic acids is 1. The number of hydrogen-bond acceptors (Lipinski definition) is 6. The Hall–Kier alpha value is -2.89. The topological polar surface area (TPSA) is 63.2 Å². The van der Waals surface area contributed by atoms with Crippen LogP contribution in [-0.2, 0) is 11.3 Å². The molecule has 24 heavy (non-hydrogen) atoms. The van der Waals surface area contributed by atoms with Crippen LogP contribution in [0.25, 0.3) is 0 Å². The highest BCUT2D eigenvalue weighted by atomic mass is 16.7. The molecule has 0 bridgehead atoms. The molecule has 0 atom stereocenters. The van der Waals surface area contributed by atoms with Gasteiger partial charge in [0, 0.05) is 12.1 Å². The summed E-state index contributed by atoms with van der Waals surface area (Å²) < 4.78 is 26.9. The molecule has 2 aromatic carbocycles. The Kier molecular flexibility index (Phi) is 5.05. The lowest BCUT2D eigenvalue weighted by molar-refractivity contribution is 0.103. The van der Waals surface area contributed by atoms with Gasteiger partial charge in [0.05, 0.1) is 6.61 Å². The summed E-state index contributed by atoms with van der Waals surface area (Å²) in [6.45, 7) is 3.17. The van der Waals surface area contributed by atoms with Crippen LogP contribution in [0.5, 0.6) is 23.0 Å². The molecule has 3 rings (SSSR count). The Morgan fingerprint density at radius 1 is 1.12 bits per heavy atom. The SMILES string of the molecule is CCOC(=O)Oc1cc2c(c(OCc3ccccc3)c1)OCCO2. The van der Waals surface area contributed by atoms with Crippen LogP contribution in [0.1, 0.15) is 12.5 Å². The van der Waals surface area contributed by atoms with Gasteiger partial charge in [-0.2, -0.15) is 0 Å². The maximum absolute atomic E-state index is 11.5. The third kappa shape index (κ3) is 3.90. The molecule has 6 heteroatoms. The van der Waals surface area contributed by atoms with E-state index in [0.29, 0.717) is 37.1 Å². The molecule has 0 saturated heterocycles. The summed E-state index contributed by atoms with van der Waals surface area (Å²) in [7, 11) is 0. The molecule has 0 aliphatic carbocycles. The molecular formula is C18H18O6. The standard InChI is InChI=1S/C18H18O6/c1-2-20-18(19)24-14-10-15-17(22-9-8-21-15)16(11-14)23-12-13-6-4-3-5-7-13/h3-7,10-11H,2,8-9,12H2,1H3. The zero-order chi connectivity index (χ0) is 16.8. The number of ether oxygens (including phenoxy) is 5. The predicted octanol–water partition coefficient (Wildman–Crippen LogP) is 3.57. The zero-order valence-electron chi connectivity index (χ0n) is 13.3. The fourth-order valence-corrected chi connectivity index (χ4v) is 2.24. The van der Waals surface area contributed by atoms with E-state index in [1.54, 1.807) is 19.1 Å². The number of carbonyl (C=O) groups is 1. The minimum atomic E-state index is -0.775. The lowest BCUT2D eigenvalue weighted by Crippen LogP contribution is -2.17. The molecule has 0 fully saturated rings. The van der Waals surface area contributed by atoms with E-state index in [1.165, 1.54) is 0 Å². The summed E-state index contributed by atoms with van der Waals surface area (Å²) in [5.41, 5.74) is 1.01. The number of hydrogen-bond donors (Lipinski definition) is 0. The van der Waals surface area contributed by atoms with Gasteiger partial charge in [-0.1, -0.05) is 30.3 Å². The smallest absolute Gasteiger partial charge is 0.486 e. The van der Waals surface area contributed by atoms with Gasteiger partial charge in [0.2, 0.25) is 5.75 Å². The van der Waals surface area contributed by atoms with Crippen LogP contribution >= 0.6 is 0 Å². The molecule has 0 N–H and O–H groups in total. The van der Waals surface area contributed by atoms with Gasteiger partial charge < -0.3 is 23.7 Å². The van der Waals surface area contributed by atoms with Gasteiger partial charge in [-0.25, -0.2) is 4.79 Å². The molecule has 0 radical (unpaired) electrons. The molecule has 2 aromatic rings. The highest BCUT2D eigenvalue weighted by Crippen LogP contribution is 2.43. The van der Waals surface area contributed by atoms with E-state index in [1.807, 2.05) is 30.3 Å². The van der Waals surface area contributed by atoms with Crippen LogP contribution in [0.3, 0.4) is 0 Å². The van der Waals surface area contributed by atoms with Crippen molar-refractivity contribution in [2.75, 3.05) is 19.8 Å². The fraction of sp³-hybridized carbons (Fsp3) is 0.278. The van der Waals surface area contributed by atoms with Crippen molar-refractivity contribution in [1.29, 1.82) is 0 Å². The average Bonchev–Trinajstić information content (AvgIpc) is 2.60. The van der Waals surface area contributed by atoms with Gasteiger partial charge in [-0.3, -0.25) is 0 Å². The first-order valence-electron chi connectivity index (χ1n) is 7.71. The Morgan fingerprint density at radius 3 is 2.71 bits per heavy atom. The Balaban J connectivity index is 1.81. The number of rotatable bonds is 5. The summed E-state index contributed by atoms with van der Waals surface area (Å²) in [5.74, 6) is 1.72. The van der Waals surface area contributed by atoms with Crippen LogP contribution in [0.2, 0.25) is 0 Å². The van der Waals surface area contributed by atoms with Crippen LogP contribution in [-0.4, -0.2) is 26.0 Å². The summed E-state index contributed by atoms with van der Waals surface area (Å²) in [5, 5.41) is 0. The van der Waals surface area contributed by atoms with E-state index < -0.39 is 6.16 Å². The largest absolute Gasteiger partial charge is 0.513 e. The second-order valence-electron chi connectivity index (χ2n) is 5.00. The molecule has 0 amide bonds. The van der Waals surface area contributed by atoms with Crippen molar-refractivity contribution in [2.45, 2.75) is 13.5 Å². The molecule has 1 aliphatic rings. The highest BCUT2D eigenvalue weighted by Gasteiger charge is 2.21. The molecule has 6 nitrogen and oxygen atoms in total. The second-order valence-corrected chi connectivity index (χ2v) is 5.00. The average molecular weight is 330 g/mol. The zero-order valence-corrected chi connectivity index (χ0v) is 13.3. The lowest BCUT2D eigenvalue weighted by atomic mass is 10.2. The first-order chi connectivity index (χ1) is 11.8. The van der Waals surface area contributed by atoms with Crippen molar-refractivity contribution in [3.8, 4) is 23.0 Å². The highest BCUT2D eigenvalue weighted by molar-refractivity contribution is 5.66. The molecule has 0 saturated carbocycles. The molecular weight excluding hydrogens is 312 g/mol. The summed E-state index contributed by atoms with van der Waals surface area (Å²) in [6.07, 6.45) is -0.775. The third-order valence-electron chi connectivity index (χ3n) is 3.28. The minimum Gasteiger partial charge on any atom is -0.486 e. The number of fused-ring (bicyclic) bond motifs is 1. The second kappa shape index (κ2) is 7.59. The monoisotopic (exact) mass is 330 g/mol. The summed E-state index contributed by atoms with van der Waals surface area (Å²) in [4.78, 5) is 11.5. The molecule has 0 unspecified atom stereocenters. The molecule has 0 aromatic heterocycles. The lowest BCUT2D eigenvalue weighted by Gasteiger charge is -2.22. The van der Waals surface area contributed by atoms with Gasteiger partial charge in [-0.15, -0.1) is 0 Å². The van der Waals surface area contributed by atoms with E-state index >= 15 is 0 Å². The summed E-state index contributed by atoms with van der Waals surface area (Å²) >= 11 is 0. The first kappa shape index (κ1) is 16.0. The number of benzene rings is 2. The van der Waals surface area contributed by atoms with Crippen molar-refractivity contribution in [2.24, 2.45) is 0 Å². The molecule has 126 valence electrons. The maximum atomic E-state index is 11.5. The van der Waals surface area contributed by atoms with E-state index in [0.717, 1.165) is 5.56 Å². The van der Waals surface area contributed by atoms with Crippen LogP contribution in [0.4, 0.5) is 4.79 Å². The Morgan fingerprint density at radius 2 is 1.92 bits per heavy atom. The van der Waals surface area contributed by atoms with Gasteiger partial charge in [-0.05, 0) is 12.5 Å². The van der Waals surface area contributed by atoms with Gasteiger partial charge in [0.25, 0.3) is 0 Å². The summed E-state index contributed by atoms with van der Waals surface area (Å²) in [6, 6.07) is 12.9. The van der Waals surface area contributed by atoms with Crippen molar-refractivity contribution < 1.29 is 28.5 Å². The molecule has 0 spiro atoms. The van der Waals surface area contributed by atoms with Gasteiger partial charge in [0.1, 0.15) is 25.6 Å². The van der Waals surface area contributed by atoms with E-state index in [-0.39, 0.29) is 12.4 Å². The van der Waals surface area contributed by atoms with Crippen LogP contribution in [0.15, 0.2) is 42.5 Å². The molecule has 1 aliphatic heterocycles. The van der Waals surface area contributed by atoms with E-state index in [2.05, 4.69) is 0 Å². The maximum Gasteiger partial charge on any atom is 0.513 e. The van der Waals surface area contributed by atoms with Crippen LogP contribution in [0, 0.1) is 0 Å². The Labute approximate surface area is 139 Å². The van der Waals surface area contributed by atoms with E-state index in [4.69, 9.17) is 23.7 Å². The van der Waals surface area contributed by atoms with Crippen molar-refractivity contribution in [1.82, 2.24) is 0 Å². The Bertz CT molecular complexity index is 698. The third-order valence-corrected chi connectivity index (χ3v) is 3.28. The van der Waals surface area contributed by atoms with Crippen molar-refractivity contribution in [3.63, 3.8) is 0 Å². The van der Waals surface area contributed by atoms with E-state index in [9.17, 15) is 4.79 Å². The van der Waals surface area contributed by atoms with Crippen molar-refractivity contribution >= 4 is 6.16 Å². The minimum absolute atomic E-state index is 0.237. The quantitative estimate of drug-likeness (QED) is 0.617. The fourth-order valence-electron chi connectivity index (χ4n) is 2.24. The first-order valence-corrected chi connectivity index (χ1v) is 7.71. The normalized spacial score (nSPS) is 12.4. The molecule has 1 heterocycles. The predicted molar refractivity (Wildman–Crippen MR) is 85.9 cm³/mol. The van der Waals surface area contributed by atoms with Gasteiger partial charge in [0.15, 0.2) is 11.5 Å². The van der Waals surface area contributed by atoms with Gasteiger partial charge >= 0.3 is 6.16 Å².